The molecule has 0 fully saturated rings. The molecule has 0 spiro atoms. The van der Waals surface area contributed by atoms with E-state index in [4.69, 9.17) is 15.0 Å². The van der Waals surface area contributed by atoms with Crippen LogP contribution in [0.1, 0.15) is 0 Å². The van der Waals surface area contributed by atoms with Gasteiger partial charge in [-0.25, -0.2) is 15.0 Å². The second-order valence-corrected chi connectivity index (χ2v) is 14.5. The Balaban J connectivity index is 1.16. The summed E-state index contributed by atoms with van der Waals surface area (Å²) in [4.78, 5) is 19.9. The van der Waals surface area contributed by atoms with Crippen molar-refractivity contribution in [1.82, 2.24) is 19.9 Å². The van der Waals surface area contributed by atoms with Gasteiger partial charge in [-0.05, 0) is 73.4 Å². The zero-order valence-electron chi connectivity index (χ0n) is 28.4. The summed E-state index contributed by atoms with van der Waals surface area (Å²) in [6.45, 7) is 0. The molecule has 0 aliphatic rings. The van der Waals surface area contributed by atoms with Crippen molar-refractivity contribution in [3.63, 3.8) is 0 Å². The van der Waals surface area contributed by atoms with Crippen LogP contribution in [-0.2, 0) is 0 Å². The van der Waals surface area contributed by atoms with Crippen LogP contribution in [0.4, 0.5) is 0 Å². The molecule has 3 aromatic heterocycles. The Labute approximate surface area is 308 Å². The lowest BCUT2D eigenvalue weighted by atomic mass is 9.92. The van der Waals surface area contributed by atoms with Gasteiger partial charge in [0.15, 0.2) is 17.5 Å². The minimum absolute atomic E-state index is 0.631. The summed E-state index contributed by atoms with van der Waals surface area (Å²) >= 11 is 1.84. The van der Waals surface area contributed by atoms with Gasteiger partial charge in [0.25, 0.3) is 0 Å². The van der Waals surface area contributed by atoms with Crippen LogP contribution in [0.25, 0.3) is 109 Å². The maximum Gasteiger partial charge on any atom is 0.164 e. The van der Waals surface area contributed by atoms with Crippen molar-refractivity contribution >= 4 is 74.6 Å². The maximum absolute atomic E-state index is 5.19. The number of fused-ring (bicyclic) bond motifs is 11. The summed E-state index contributed by atoms with van der Waals surface area (Å²) in [6, 6.07) is 57.8. The zero-order valence-corrected chi connectivity index (χ0v) is 29.2. The molecular formula is C48H28N4S. The molecule has 0 aliphatic carbocycles. The number of thiophene rings is 1. The van der Waals surface area contributed by atoms with Gasteiger partial charge in [-0.1, -0.05) is 133 Å². The highest BCUT2D eigenvalue weighted by Gasteiger charge is 2.19. The Morgan fingerprint density at radius 3 is 1.53 bits per heavy atom. The summed E-state index contributed by atoms with van der Waals surface area (Å²) < 4.78 is 2.48. The lowest BCUT2D eigenvalue weighted by Crippen LogP contribution is -2.00. The van der Waals surface area contributed by atoms with Gasteiger partial charge in [0.05, 0.1) is 5.69 Å². The number of benzene rings is 8. The van der Waals surface area contributed by atoms with Crippen LogP contribution in [0.2, 0.25) is 0 Å². The number of hydrogen-bond acceptors (Lipinski definition) is 5. The predicted octanol–water partition coefficient (Wildman–Crippen LogP) is 12.9. The van der Waals surface area contributed by atoms with Gasteiger partial charge in [-0.15, -0.1) is 11.3 Å². The molecule has 0 N–H and O–H groups in total. The van der Waals surface area contributed by atoms with Gasteiger partial charge in [0, 0.05) is 48.6 Å². The molecule has 8 aromatic carbocycles. The van der Waals surface area contributed by atoms with Gasteiger partial charge >= 0.3 is 0 Å². The third-order valence-electron chi connectivity index (χ3n) is 10.4. The average Bonchev–Trinajstić information content (AvgIpc) is 3.61. The molecule has 0 aliphatic heterocycles. The molecule has 0 saturated carbocycles. The summed E-state index contributed by atoms with van der Waals surface area (Å²) in [5, 5.41) is 12.6. The van der Waals surface area contributed by atoms with Gasteiger partial charge in [-0.2, -0.15) is 0 Å². The van der Waals surface area contributed by atoms with Crippen LogP contribution in [0.15, 0.2) is 170 Å². The number of pyridine rings is 1. The summed E-state index contributed by atoms with van der Waals surface area (Å²) in [5.41, 5.74) is 4.83. The maximum atomic E-state index is 5.19. The van der Waals surface area contributed by atoms with Crippen LogP contribution in [0.3, 0.4) is 0 Å². The summed E-state index contributed by atoms with van der Waals surface area (Å²) in [6.07, 6.45) is 1.82. The average molecular weight is 693 g/mol. The van der Waals surface area contributed by atoms with E-state index in [0.717, 1.165) is 33.3 Å². The Hall–Kier alpha value is -6.82. The lowest BCUT2D eigenvalue weighted by molar-refractivity contribution is 1.08. The van der Waals surface area contributed by atoms with E-state index in [1.807, 2.05) is 53.9 Å². The van der Waals surface area contributed by atoms with E-state index in [9.17, 15) is 0 Å². The van der Waals surface area contributed by atoms with Crippen molar-refractivity contribution in [3.05, 3.63) is 170 Å². The van der Waals surface area contributed by atoms with Gasteiger partial charge in [-0.3, -0.25) is 4.98 Å². The zero-order chi connectivity index (χ0) is 34.9. The van der Waals surface area contributed by atoms with Crippen molar-refractivity contribution in [2.45, 2.75) is 0 Å². The normalized spacial score (nSPS) is 11.8. The van der Waals surface area contributed by atoms with E-state index in [0.29, 0.717) is 17.5 Å². The highest BCUT2D eigenvalue weighted by molar-refractivity contribution is 7.26. The minimum Gasteiger partial charge on any atom is -0.256 e. The quantitative estimate of drug-likeness (QED) is 0.172. The van der Waals surface area contributed by atoms with Crippen LogP contribution in [-0.4, -0.2) is 19.9 Å². The SMILES string of the molecule is c1ccc(-c2nc(-c3ccc(-c4ccccn4)cc3)nc(-c3cc4sc5cc6c7ccccc7c7ccccc7c6cc5c4c4ccccc34)n2)cc1. The molecule has 4 nitrogen and oxygen atoms in total. The predicted molar refractivity (Wildman–Crippen MR) is 222 cm³/mol. The van der Waals surface area contributed by atoms with Crippen LogP contribution in [0.5, 0.6) is 0 Å². The van der Waals surface area contributed by atoms with Gasteiger partial charge < -0.3 is 0 Å². The van der Waals surface area contributed by atoms with E-state index in [1.165, 1.54) is 57.9 Å². The standard InChI is InChI=1S/C48H28N4S/c1-2-12-30(13-3-1)46-50-47(31-23-21-29(22-24-31)42-20-10-11-25-49-42)52-48(51-46)40-28-44-45(37-19-9-8-18-36(37)40)41-26-38-34-16-6-4-14-32(34)33-15-5-7-17-35(33)39(38)27-43(41)53-44/h1-28H. The molecule has 0 amide bonds. The van der Waals surface area contributed by atoms with Crippen molar-refractivity contribution in [2.75, 3.05) is 0 Å². The molecule has 0 radical (unpaired) electrons. The number of nitrogens with zero attached hydrogens (tertiary/aromatic N) is 4. The molecule has 0 unspecified atom stereocenters. The number of aromatic nitrogens is 4. The van der Waals surface area contributed by atoms with E-state index < -0.39 is 0 Å². The van der Waals surface area contributed by atoms with Crippen LogP contribution >= 0.6 is 11.3 Å². The first-order chi connectivity index (χ1) is 26.3. The number of rotatable bonds is 4. The summed E-state index contributed by atoms with van der Waals surface area (Å²) in [5.74, 6) is 1.93. The van der Waals surface area contributed by atoms with Crippen molar-refractivity contribution in [2.24, 2.45) is 0 Å². The van der Waals surface area contributed by atoms with E-state index in [1.54, 1.807) is 0 Å². The fraction of sp³-hybridized carbons (Fsp3) is 0. The smallest absolute Gasteiger partial charge is 0.164 e. The van der Waals surface area contributed by atoms with E-state index in [-0.39, 0.29) is 0 Å². The molecule has 3 heterocycles. The van der Waals surface area contributed by atoms with Gasteiger partial charge in [0.1, 0.15) is 0 Å². The second-order valence-electron chi connectivity index (χ2n) is 13.4. The van der Waals surface area contributed by atoms with Crippen LogP contribution < -0.4 is 0 Å². The van der Waals surface area contributed by atoms with Crippen molar-refractivity contribution in [1.29, 1.82) is 0 Å². The monoisotopic (exact) mass is 692 g/mol. The molecule has 53 heavy (non-hydrogen) atoms. The van der Waals surface area contributed by atoms with E-state index in [2.05, 4.69) is 132 Å². The highest BCUT2D eigenvalue weighted by atomic mass is 32.1. The summed E-state index contributed by atoms with van der Waals surface area (Å²) in [7, 11) is 0. The molecule has 5 heteroatoms. The van der Waals surface area contributed by atoms with Crippen molar-refractivity contribution < 1.29 is 0 Å². The van der Waals surface area contributed by atoms with Gasteiger partial charge in [0.2, 0.25) is 0 Å². The topological polar surface area (TPSA) is 51.6 Å². The van der Waals surface area contributed by atoms with Crippen molar-refractivity contribution in [3.8, 4) is 45.4 Å². The molecule has 11 rings (SSSR count). The second kappa shape index (κ2) is 11.9. The van der Waals surface area contributed by atoms with Crippen LogP contribution in [0, 0.1) is 0 Å². The molecule has 0 saturated heterocycles. The fourth-order valence-corrected chi connectivity index (χ4v) is 9.07. The Kier molecular flexibility index (Phi) is 6.69. The molecular weight excluding hydrogens is 665 g/mol. The molecule has 11 aromatic rings. The third-order valence-corrected chi connectivity index (χ3v) is 11.5. The first-order valence-electron chi connectivity index (χ1n) is 17.7. The molecule has 246 valence electrons. The highest BCUT2D eigenvalue weighted by Crippen LogP contribution is 2.46. The molecule has 0 atom stereocenters. The number of hydrogen-bond donors (Lipinski definition) is 0. The molecule has 0 bridgehead atoms. The minimum atomic E-state index is 0.631. The van der Waals surface area contributed by atoms with E-state index >= 15 is 0 Å². The fourth-order valence-electron chi connectivity index (χ4n) is 7.89. The Bertz CT molecular complexity index is 3210. The largest absolute Gasteiger partial charge is 0.256 e. The Morgan fingerprint density at radius 2 is 0.868 bits per heavy atom. The lowest BCUT2D eigenvalue weighted by Gasteiger charge is -2.12. The Morgan fingerprint density at radius 1 is 0.340 bits per heavy atom. The first kappa shape index (κ1) is 29.9. The first-order valence-corrected chi connectivity index (χ1v) is 18.5. The third kappa shape index (κ3) is 4.82.